The molecule has 70 valence electrons. The third kappa shape index (κ3) is 1.98. The van der Waals surface area contributed by atoms with Crippen molar-refractivity contribution in [3.05, 3.63) is 28.8 Å². The molecule has 1 rings (SSSR count). The van der Waals surface area contributed by atoms with E-state index in [1.807, 2.05) is 19.1 Å². The van der Waals surface area contributed by atoms with Gasteiger partial charge in [-0.1, -0.05) is 31.4 Å². The Labute approximate surface area is 87.2 Å². The monoisotopic (exact) mass is 183 g/mol. The summed E-state index contributed by atoms with van der Waals surface area (Å²) in [5.74, 6) is 0.395. The second-order valence-electron chi connectivity index (χ2n) is 3.72. The molecule has 1 nitrogen and oxygen atoms in total. The van der Waals surface area contributed by atoms with Crippen LogP contribution in [0.5, 0.6) is 0 Å². The molecule has 0 fully saturated rings. The van der Waals surface area contributed by atoms with Gasteiger partial charge >= 0.3 is 0 Å². The third-order valence-corrected chi connectivity index (χ3v) is 2.64. The van der Waals surface area contributed by atoms with Crippen LogP contribution in [0.15, 0.2) is 12.1 Å². The molecule has 1 aromatic rings. The Kier molecular flexibility index (Phi) is 3.35. The maximum absolute atomic E-state index is 9.04. The van der Waals surface area contributed by atoms with Gasteiger partial charge in [-0.15, -0.1) is 0 Å². The third-order valence-electron chi connectivity index (χ3n) is 2.64. The molecule has 0 amide bonds. The number of nitriles is 1. The van der Waals surface area contributed by atoms with Crippen molar-refractivity contribution in [2.24, 2.45) is 0 Å². The van der Waals surface area contributed by atoms with Gasteiger partial charge < -0.3 is 0 Å². The number of aryl methyl sites for hydroxylation is 1. The fourth-order valence-corrected chi connectivity index (χ4v) is 1.60. The summed E-state index contributed by atoms with van der Waals surface area (Å²) in [6, 6.07) is 6.02. The van der Waals surface area contributed by atoms with Crippen molar-refractivity contribution in [1.82, 2.24) is 0 Å². The first-order chi connectivity index (χ1) is 6.60. The van der Waals surface area contributed by atoms with E-state index >= 15 is 0 Å². The predicted molar refractivity (Wildman–Crippen MR) is 60.0 cm³/mol. The van der Waals surface area contributed by atoms with Gasteiger partial charge in [-0.3, -0.25) is 0 Å². The minimum atomic E-state index is 0.395. The minimum absolute atomic E-state index is 0.395. The summed E-state index contributed by atoms with van der Waals surface area (Å²) in [5.41, 5.74) is 3.58. The van der Waals surface area contributed by atoms with Gasteiger partial charge in [0.1, 0.15) is 7.85 Å². The highest BCUT2D eigenvalue weighted by Crippen LogP contribution is 2.23. The second-order valence-corrected chi connectivity index (χ2v) is 3.72. The molecule has 0 saturated carbocycles. The highest BCUT2D eigenvalue weighted by molar-refractivity contribution is 6.32. The van der Waals surface area contributed by atoms with E-state index in [-0.39, 0.29) is 0 Å². The summed E-state index contributed by atoms with van der Waals surface area (Å²) in [4.78, 5) is 0. The van der Waals surface area contributed by atoms with E-state index < -0.39 is 0 Å². The van der Waals surface area contributed by atoms with E-state index in [1.165, 1.54) is 0 Å². The lowest BCUT2D eigenvalue weighted by atomic mass is 9.84. The highest BCUT2D eigenvalue weighted by atomic mass is 14.3. The van der Waals surface area contributed by atoms with Crippen molar-refractivity contribution in [2.75, 3.05) is 0 Å². The molecule has 2 radical (unpaired) electrons. The molecule has 1 aromatic carbocycles. The van der Waals surface area contributed by atoms with Gasteiger partial charge in [0.25, 0.3) is 0 Å². The quantitative estimate of drug-likeness (QED) is 0.644. The first-order valence-corrected chi connectivity index (χ1v) is 4.90. The van der Waals surface area contributed by atoms with Crippen LogP contribution in [0.2, 0.25) is 0 Å². The lowest BCUT2D eigenvalue weighted by Gasteiger charge is -2.14. The summed E-state index contributed by atoms with van der Waals surface area (Å²) >= 11 is 0. The van der Waals surface area contributed by atoms with Crippen LogP contribution in [-0.2, 0) is 0 Å². The summed E-state index contributed by atoms with van der Waals surface area (Å²) < 4.78 is 0. The van der Waals surface area contributed by atoms with Crippen LogP contribution in [0.1, 0.15) is 42.9 Å². The Morgan fingerprint density at radius 3 is 2.64 bits per heavy atom. The molecule has 0 N–H and O–H groups in total. The van der Waals surface area contributed by atoms with Gasteiger partial charge in [0.2, 0.25) is 0 Å². The van der Waals surface area contributed by atoms with Crippen LogP contribution in [0.4, 0.5) is 0 Å². The van der Waals surface area contributed by atoms with Crippen LogP contribution in [0.3, 0.4) is 0 Å². The molecule has 0 spiro atoms. The van der Waals surface area contributed by atoms with Crippen LogP contribution >= 0.6 is 0 Å². The average molecular weight is 183 g/mol. The molecule has 0 aliphatic heterocycles. The summed E-state index contributed by atoms with van der Waals surface area (Å²) in [6.07, 6.45) is 1.03. The largest absolute Gasteiger partial charge is 0.192 e. The molecule has 0 heterocycles. The van der Waals surface area contributed by atoms with Crippen LogP contribution < -0.4 is 5.46 Å². The molecule has 1 atom stereocenters. The molecule has 0 bridgehead atoms. The fourth-order valence-electron chi connectivity index (χ4n) is 1.60. The van der Waals surface area contributed by atoms with Gasteiger partial charge in [0.15, 0.2) is 0 Å². The van der Waals surface area contributed by atoms with Crippen molar-refractivity contribution in [1.29, 1.82) is 5.26 Å². The van der Waals surface area contributed by atoms with Crippen molar-refractivity contribution >= 4 is 13.3 Å². The molecule has 14 heavy (non-hydrogen) atoms. The van der Waals surface area contributed by atoms with Crippen molar-refractivity contribution in [3.63, 3.8) is 0 Å². The number of hydrogen-bond donors (Lipinski definition) is 0. The zero-order valence-corrected chi connectivity index (χ0v) is 8.96. The first-order valence-electron chi connectivity index (χ1n) is 4.90. The zero-order chi connectivity index (χ0) is 10.7. The molecule has 0 aliphatic carbocycles. The van der Waals surface area contributed by atoms with Crippen LogP contribution in [0.25, 0.3) is 0 Å². The first kappa shape index (κ1) is 10.9. The van der Waals surface area contributed by atoms with Gasteiger partial charge in [-0.05, 0) is 30.4 Å². The lowest BCUT2D eigenvalue weighted by molar-refractivity contribution is 0.731. The van der Waals surface area contributed by atoms with E-state index in [9.17, 15) is 0 Å². The summed E-state index contributed by atoms with van der Waals surface area (Å²) in [5, 5.41) is 9.04. The summed E-state index contributed by atoms with van der Waals surface area (Å²) in [6.45, 7) is 6.17. The second kappa shape index (κ2) is 4.33. The molecular weight excluding hydrogens is 169 g/mol. The molecule has 2 heteroatoms. The Balaban J connectivity index is 3.34. The van der Waals surface area contributed by atoms with E-state index in [0.29, 0.717) is 5.92 Å². The minimum Gasteiger partial charge on any atom is -0.192 e. The number of hydrogen-bond acceptors (Lipinski definition) is 1. The Morgan fingerprint density at radius 1 is 1.50 bits per heavy atom. The van der Waals surface area contributed by atoms with Gasteiger partial charge in [0.05, 0.1) is 11.6 Å². The topological polar surface area (TPSA) is 23.8 Å². The number of benzene rings is 1. The van der Waals surface area contributed by atoms with Gasteiger partial charge in [-0.25, -0.2) is 0 Å². The van der Waals surface area contributed by atoms with Crippen LogP contribution in [-0.4, -0.2) is 7.85 Å². The van der Waals surface area contributed by atoms with Gasteiger partial charge in [-0.2, -0.15) is 5.26 Å². The van der Waals surface area contributed by atoms with E-state index in [2.05, 4.69) is 19.9 Å². The SMILES string of the molecule is [B]c1cc(C)c(C#N)c([C@H](C)CC)c1. The molecule has 0 aromatic heterocycles. The van der Waals surface area contributed by atoms with E-state index in [0.717, 1.165) is 28.6 Å². The Hall–Kier alpha value is -1.23. The normalized spacial score (nSPS) is 12.1. The molecule has 0 saturated heterocycles. The maximum atomic E-state index is 9.04. The van der Waals surface area contributed by atoms with Crippen molar-refractivity contribution in [2.45, 2.75) is 33.1 Å². The predicted octanol–water partition coefficient (Wildman–Crippen LogP) is 2.17. The Bertz CT molecular complexity index is 377. The lowest BCUT2D eigenvalue weighted by Crippen LogP contribution is -2.09. The average Bonchev–Trinajstić information content (AvgIpc) is 2.15. The number of nitrogens with zero attached hydrogens (tertiary/aromatic N) is 1. The highest BCUT2D eigenvalue weighted by Gasteiger charge is 2.11. The standard InChI is InChI=1S/C12H14BN/c1-4-8(2)11-6-10(13)5-9(3)12(11)7-14/h5-6,8H,4H2,1-3H3/t8-/m1/s1. The fraction of sp³-hybridized carbons (Fsp3) is 0.417. The van der Waals surface area contributed by atoms with Crippen LogP contribution in [0, 0.1) is 18.3 Å². The molecule has 0 aliphatic rings. The zero-order valence-electron chi connectivity index (χ0n) is 8.96. The maximum Gasteiger partial charge on any atom is 0.113 e. The Morgan fingerprint density at radius 2 is 2.14 bits per heavy atom. The number of rotatable bonds is 2. The summed E-state index contributed by atoms with van der Waals surface area (Å²) in [7, 11) is 5.77. The molecule has 0 unspecified atom stereocenters. The molecular formula is C12H14BN. The van der Waals surface area contributed by atoms with Gasteiger partial charge in [0, 0.05) is 0 Å². The van der Waals surface area contributed by atoms with Crippen molar-refractivity contribution in [3.8, 4) is 6.07 Å². The van der Waals surface area contributed by atoms with Crippen molar-refractivity contribution < 1.29 is 0 Å². The van der Waals surface area contributed by atoms with E-state index in [1.54, 1.807) is 0 Å². The smallest absolute Gasteiger partial charge is 0.113 e. The van der Waals surface area contributed by atoms with E-state index in [4.69, 9.17) is 13.1 Å².